The number of hydrogen-bond donors (Lipinski definition) is 1. The molecule has 0 spiro atoms. The predicted octanol–water partition coefficient (Wildman–Crippen LogP) is 3.97. The molecule has 1 aliphatic heterocycles. The van der Waals surface area contributed by atoms with E-state index in [1.54, 1.807) is 48.5 Å². The van der Waals surface area contributed by atoms with Gasteiger partial charge in [-0.2, -0.15) is 13.2 Å². The number of nitrogens with zero attached hydrogens (tertiary/aromatic N) is 2. The summed E-state index contributed by atoms with van der Waals surface area (Å²) in [5.74, 6) is 5.53. The van der Waals surface area contributed by atoms with Crippen molar-refractivity contribution in [3.63, 3.8) is 0 Å². The molecule has 2 amide bonds. The fourth-order valence-electron chi connectivity index (χ4n) is 3.45. The van der Waals surface area contributed by atoms with E-state index in [0.29, 0.717) is 41.9 Å². The third-order valence-corrected chi connectivity index (χ3v) is 5.03. The lowest BCUT2D eigenvalue weighted by molar-refractivity contribution is -0.145. The smallest absolute Gasteiger partial charge is 0.401 e. The molecule has 174 valence electrons. The van der Waals surface area contributed by atoms with E-state index in [1.165, 1.54) is 16.9 Å². The van der Waals surface area contributed by atoms with Gasteiger partial charge in [0.1, 0.15) is 0 Å². The maximum absolute atomic E-state index is 12.6. The Labute approximate surface area is 190 Å². The zero-order chi connectivity index (χ0) is 23.8. The average Bonchev–Trinajstić information content (AvgIpc) is 3.02. The summed E-state index contributed by atoms with van der Waals surface area (Å²) in [6.45, 7) is 0.106. The van der Waals surface area contributed by atoms with Crippen LogP contribution in [0.2, 0.25) is 0 Å². The first-order valence-corrected chi connectivity index (χ1v) is 10.4. The molecule has 33 heavy (non-hydrogen) atoms. The van der Waals surface area contributed by atoms with E-state index < -0.39 is 18.7 Å². The summed E-state index contributed by atoms with van der Waals surface area (Å²) in [6.07, 6.45) is -3.78. The molecule has 1 aliphatic rings. The monoisotopic (exact) mass is 459 g/mol. The number of hydrogen-bond acceptors (Lipinski definition) is 4. The molecule has 1 heterocycles. The average molecular weight is 459 g/mol. The Hall–Kier alpha value is -3.51. The minimum atomic E-state index is -4.25. The van der Waals surface area contributed by atoms with E-state index in [9.17, 15) is 22.8 Å². The molecule has 2 aromatic carbocycles. The number of benzene rings is 2. The summed E-state index contributed by atoms with van der Waals surface area (Å²) < 4.78 is 42.6. The molecule has 0 aliphatic carbocycles. The predicted molar refractivity (Wildman–Crippen MR) is 118 cm³/mol. The highest BCUT2D eigenvalue weighted by Crippen LogP contribution is 2.18. The number of halogens is 3. The van der Waals surface area contributed by atoms with Crippen LogP contribution in [0.4, 0.5) is 23.7 Å². The highest BCUT2D eigenvalue weighted by molar-refractivity contribution is 5.90. The first kappa shape index (κ1) is 24.1. The molecule has 3 rings (SSSR count). The Morgan fingerprint density at radius 2 is 1.70 bits per heavy atom. The van der Waals surface area contributed by atoms with E-state index in [0.717, 1.165) is 0 Å². The van der Waals surface area contributed by atoms with E-state index in [-0.39, 0.29) is 19.1 Å². The molecule has 1 N–H and O–H groups in total. The summed E-state index contributed by atoms with van der Waals surface area (Å²) in [5.41, 5.74) is 2.23. The number of rotatable bonds is 3. The molecule has 0 saturated carbocycles. The van der Waals surface area contributed by atoms with Crippen LogP contribution in [0.3, 0.4) is 0 Å². The van der Waals surface area contributed by atoms with Crippen molar-refractivity contribution in [3.8, 4) is 11.8 Å². The molecule has 0 bridgehead atoms. The lowest BCUT2D eigenvalue weighted by Gasteiger charge is -2.23. The normalized spacial score (nSPS) is 14.6. The number of methoxy groups -OCH3 is 1. The third-order valence-electron chi connectivity index (χ3n) is 5.03. The lowest BCUT2D eigenvalue weighted by atomic mass is 10.1. The summed E-state index contributed by atoms with van der Waals surface area (Å²) in [5, 5.41) is 2.79. The standard InChI is InChI=1S/C24H24F3N3O3/c1-33-22(31)20-7-2-5-18(15-20)9-10-19-6-3-8-21(16-19)28-23(32)30-12-4-11-29(13-14-30)17-24(25,26)27/h2-3,5-8,15-16H,4,11-14,17H2,1H3,(H,28,32). The zero-order valence-corrected chi connectivity index (χ0v) is 18.1. The first-order chi connectivity index (χ1) is 15.7. The Morgan fingerprint density at radius 3 is 2.39 bits per heavy atom. The molecule has 0 atom stereocenters. The SMILES string of the molecule is COC(=O)c1cccc(C#Cc2cccc(NC(=O)N3CCCN(CC(F)(F)F)CC3)c2)c1. The molecule has 0 radical (unpaired) electrons. The fraction of sp³-hybridized carbons (Fsp3) is 0.333. The van der Waals surface area contributed by atoms with Crippen LogP contribution in [0.1, 0.15) is 27.9 Å². The Balaban J connectivity index is 1.62. The minimum absolute atomic E-state index is 0.170. The van der Waals surface area contributed by atoms with Crippen molar-refractivity contribution in [2.24, 2.45) is 0 Å². The number of esters is 1. The Kier molecular flexibility index (Phi) is 7.96. The molecule has 1 fully saturated rings. The Bertz CT molecular complexity index is 1060. The van der Waals surface area contributed by atoms with Crippen molar-refractivity contribution < 1.29 is 27.5 Å². The second-order valence-corrected chi connectivity index (χ2v) is 7.57. The molecule has 2 aromatic rings. The summed E-state index contributed by atoms with van der Waals surface area (Å²) >= 11 is 0. The van der Waals surface area contributed by atoms with Crippen LogP contribution in [0.25, 0.3) is 0 Å². The quantitative estimate of drug-likeness (QED) is 0.557. The van der Waals surface area contributed by atoms with Gasteiger partial charge in [0.15, 0.2) is 0 Å². The van der Waals surface area contributed by atoms with E-state index >= 15 is 0 Å². The second kappa shape index (κ2) is 10.9. The van der Waals surface area contributed by atoms with Gasteiger partial charge in [-0.3, -0.25) is 4.90 Å². The van der Waals surface area contributed by atoms with Crippen LogP contribution in [0.15, 0.2) is 48.5 Å². The van der Waals surface area contributed by atoms with Gasteiger partial charge < -0.3 is 15.0 Å². The van der Waals surface area contributed by atoms with Crippen molar-refractivity contribution in [1.29, 1.82) is 0 Å². The van der Waals surface area contributed by atoms with Gasteiger partial charge in [0.25, 0.3) is 0 Å². The van der Waals surface area contributed by atoms with Gasteiger partial charge in [-0.15, -0.1) is 0 Å². The van der Waals surface area contributed by atoms with Crippen LogP contribution in [0.5, 0.6) is 0 Å². The van der Waals surface area contributed by atoms with Gasteiger partial charge in [0.05, 0.1) is 19.2 Å². The Morgan fingerprint density at radius 1 is 1.00 bits per heavy atom. The van der Waals surface area contributed by atoms with E-state index in [2.05, 4.69) is 17.2 Å². The maximum Gasteiger partial charge on any atom is 0.401 e. The minimum Gasteiger partial charge on any atom is -0.465 e. The molecular formula is C24H24F3N3O3. The summed E-state index contributed by atoms with van der Waals surface area (Å²) in [4.78, 5) is 27.1. The van der Waals surface area contributed by atoms with Crippen LogP contribution in [-0.2, 0) is 4.74 Å². The van der Waals surface area contributed by atoms with Crippen LogP contribution >= 0.6 is 0 Å². The fourth-order valence-corrected chi connectivity index (χ4v) is 3.45. The number of carbonyl (C=O) groups excluding carboxylic acids is 2. The van der Waals surface area contributed by atoms with Gasteiger partial charge >= 0.3 is 18.2 Å². The largest absolute Gasteiger partial charge is 0.465 e. The summed E-state index contributed by atoms with van der Waals surface area (Å²) in [7, 11) is 1.31. The molecule has 9 heteroatoms. The zero-order valence-electron chi connectivity index (χ0n) is 18.1. The number of ether oxygens (including phenoxy) is 1. The first-order valence-electron chi connectivity index (χ1n) is 10.4. The van der Waals surface area contributed by atoms with Crippen LogP contribution < -0.4 is 5.32 Å². The number of alkyl halides is 3. The number of carbonyl (C=O) groups is 2. The van der Waals surface area contributed by atoms with Crippen molar-refractivity contribution in [3.05, 3.63) is 65.2 Å². The van der Waals surface area contributed by atoms with Gasteiger partial charge in [-0.25, -0.2) is 9.59 Å². The van der Waals surface area contributed by atoms with Crippen LogP contribution in [-0.4, -0.2) is 67.8 Å². The van der Waals surface area contributed by atoms with Crippen LogP contribution in [0, 0.1) is 11.8 Å². The van der Waals surface area contributed by atoms with Crippen molar-refractivity contribution in [1.82, 2.24) is 9.80 Å². The lowest BCUT2D eigenvalue weighted by Crippen LogP contribution is -2.40. The highest BCUT2D eigenvalue weighted by atomic mass is 19.4. The molecule has 1 saturated heterocycles. The van der Waals surface area contributed by atoms with Gasteiger partial charge in [0.2, 0.25) is 0 Å². The number of anilines is 1. The van der Waals surface area contributed by atoms with Crippen molar-refractivity contribution in [2.45, 2.75) is 12.6 Å². The molecule has 6 nitrogen and oxygen atoms in total. The van der Waals surface area contributed by atoms with E-state index in [1.807, 2.05) is 0 Å². The summed E-state index contributed by atoms with van der Waals surface area (Å²) in [6, 6.07) is 13.4. The van der Waals surface area contributed by atoms with Crippen molar-refractivity contribution in [2.75, 3.05) is 45.2 Å². The van der Waals surface area contributed by atoms with E-state index in [4.69, 9.17) is 4.74 Å². The van der Waals surface area contributed by atoms with Gasteiger partial charge in [0, 0.05) is 43.0 Å². The highest BCUT2D eigenvalue weighted by Gasteiger charge is 2.31. The molecule has 0 aromatic heterocycles. The van der Waals surface area contributed by atoms with Gasteiger partial charge in [-0.05, 0) is 42.8 Å². The molecular weight excluding hydrogens is 435 g/mol. The van der Waals surface area contributed by atoms with Gasteiger partial charge in [-0.1, -0.05) is 24.0 Å². The third kappa shape index (κ3) is 7.54. The number of nitrogens with one attached hydrogen (secondary N) is 1. The number of amides is 2. The maximum atomic E-state index is 12.6. The molecule has 0 unspecified atom stereocenters. The topological polar surface area (TPSA) is 61.9 Å². The second-order valence-electron chi connectivity index (χ2n) is 7.57. The number of urea groups is 1. The van der Waals surface area contributed by atoms with Crippen molar-refractivity contribution >= 4 is 17.7 Å².